The number of methoxy groups -OCH3 is 1. The lowest BCUT2D eigenvalue weighted by Gasteiger charge is -2.36. The first kappa shape index (κ1) is 16.0. The SMILES string of the molecule is COC(=O)C=Cc1ccc(NCC2(O)CCC2)c([N+](=O)[O-])c1. The Morgan fingerprint density at radius 1 is 1.55 bits per heavy atom. The van der Waals surface area contributed by atoms with E-state index in [1.54, 1.807) is 12.1 Å². The van der Waals surface area contributed by atoms with Crippen molar-refractivity contribution in [3.05, 3.63) is 40.0 Å². The molecule has 1 aliphatic carbocycles. The van der Waals surface area contributed by atoms with Crippen LogP contribution in [0.15, 0.2) is 24.3 Å². The average molecular weight is 306 g/mol. The highest BCUT2D eigenvalue weighted by molar-refractivity contribution is 5.87. The van der Waals surface area contributed by atoms with E-state index in [-0.39, 0.29) is 12.2 Å². The maximum absolute atomic E-state index is 11.2. The Morgan fingerprint density at radius 3 is 2.82 bits per heavy atom. The van der Waals surface area contributed by atoms with E-state index in [2.05, 4.69) is 10.1 Å². The van der Waals surface area contributed by atoms with Crippen molar-refractivity contribution in [2.75, 3.05) is 19.0 Å². The number of carbonyl (C=O) groups excluding carboxylic acids is 1. The zero-order valence-electron chi connectivity index (χ0n) is 12.2. The number of carbonyl (C=O) groups is 1. The van der Waals surface area contributed by atoms with E-state index >= 15 is 0 Å². The number of benzene rings is 1. The number of nitrogens with one attached hydrogen (secondary N) is 1. The summed E-state index contributed by atoms with van der Waals surface area (Å²) in [7, 11) is 1.26. The first-order valence-electron chi connectivity index (χ1n) is 6.94. The Balaban J connectivity index is 2.14. The highest BCUT2D eigenvalue weighted by Gasteiger charge is 2.34. The lowest BCUT2D eigenvalue weighted by molar-refractivity contribution is -0.384. The lowest BCUT2D eigenvalue weighted by atomic mass is 9.80. The summed E-state index contributed by atoms with van der Waals surface area (Å²) in [6.07, 6.45) is 5.02. The molecule has 118 valence electrons. The molecule has 1 saturated carbocycles. The fourth-order valence-electron chi connectivity index (χ4n) is 2.21. The third kappa shape index (κ3) is 3.82. The van der Waals surface area contributed by atoms with E-state index in [9.17, 15) is 20.0 Å². The largest absolute Gasteiger partial charge is 0.466 e. The van der Waals surface area contributed by atoms with Crippen LogP contribution in [0.3, 0.4) is 0 Å². The summed E-state index contributed by atoms with van der Waals surface area (Å²) in [5.74, 6) is -0.530. The van der Waals surface area contributed by atoms with Gasteiger partial charge in [-0.25, -0.2) is 4.79 Å². The maximum atomic E-state index is 11.2. The van der Waals surface area contributed by atoms with Gasteiger partial charge in [0, 0.05) is 18.7 Å². The molecule has 22 heavy (non-hydrogen) atoms. The Hall–Kier alpha value is -2.41. The van der Waals surface area contributed by atoms with E-state index in [4.69, 9.17) is 0 Å². The monoisotopic (exact) mass is 306 g/mol. The summed E-state index contributed by atoms with van der Waals surface area (Å²) < 4.78 is 4.47. The van der Waals surface area contributed by atoms with Crippen LogP contribution in [0.25, 0.3) is 6.08 Å². The minimum Gasteiger partial charge on any atom is -0.466 e. The molecule has 0 unspecified atom stereocenters. The van der Waals surface area contributed by atoms with Crippen LogP contribution in [-0.2, 0) is 9.53 Å². The van der Waals surface area contributed by atoms with Gasteiger partial charge in [-0.1, -0.05) is 6.07 Å². The van der Waals surface area contributed by atoms with Gasteiger partial charge in [0.1, 0.15) is 5.69 Å². The smallest absolute Gasteiger partial charge is 0.330 e. The molecule has 1 fully saturated rings. The fourth-order valence-corrected chi connectivity index (χ4v) is 2.21. The van der Waals surface area contributed by atoms with Gasteiger partial charge in [0.15, 0.2) is 0 Å². The van der Waals surface area contributed by atoms with Gasteiger partial charge in [-0.05, 0) is 37.0 Å². The van der Waals surface area contributed by atoms with Crippen LogP contribution < -0.4 is 5.32 Å². The van der Waals surface area contributed by atoms with Crippen LogP contribution in [-0.4, -0.2) is 35.3 Å². The lowest BCUT2D eigenvalue weighted by Crippen LogP contribution is -2.43. The second-order valence-corrected chi connectivity index (χ2v) is 5.32. The van der Waals surface area contributed by atoms with Crippen LogP contribution in [0.4, 0.5) is 11.4 Å². The van der Waals surface area contributed by atoms with E-state index in [0.717, 1.165) is 6.42 Å². The zero-order valence-corrected chi connectivity index (χ0v) is 12.2. The van der Waals surface area contributed by atoms with E-state index in [1.807, 2.05) is 0 Å². The van der Waals surface area contributed by atoms with Gasteiger partial charge < -0.3 is 15.2 Å². The van der Waals surface area contributed by atoms with Gasteiger partial charge in [0.25, 0.3) is 5.69 Å². The molecule has 0 aliphatic heterocycles. The van der Waals surface area contributed by atoms with Crippen molar-refractivity contribution >= 4 is 23.4 Å². The molecular weight excluding hydrogens is 288 g/mol. The summed E-state index contributed by atoms with van der Waals surface area (Å²) in [6, 6.07) is 4.59. The number of anilines is 1. The summed E-state index contributed by atoms with van der Waals surface area (Å²) >= 11 is 0. The van der Waals surface area contributed by atoms with Crippen molar-refractivity contribution < 1.29 is 19.6 Å². The molecule has 1 aliphatic rings. The molecule has 1 aromatic rings. The van der Waals surface area contributed by atoms with Gasteiger partial charge >= 0.3 is 5.97 Å². The molecule has 0 radical (unpaired) electrons. The molecule has 0 bridgehead atoms. The van der Waals surface area contributed by atoms with Crippen molar-refractivity contribution in [2.24, 2.45) is 0 Å². The molecular formula is C15H18N2O5. The molecule has 0 amide bonds. The Labute approximate surface area is 127 Å². The number of aliphatic hydroxyl groups is 1. The van der Waals surface area contributed by atoms with Crippen molar-refractivity contribution in [3.63, 3.8) is 0 Å². The zero-order chi connectivity index (χ0) is 16.2. The third-order valence-corrected chi connectivity index (χ3v) is 3.72. The topological polar surface area (TPSA) is 102 Å². The summed E-state index contributed by atoms with van der Waals surface area (Å²) in [6.45, 7) is 0.283. The third-order valence-electron chi connectivity index (χ3n) is 3.72. The van der Waals surface area contributed by atoms with Crippen LogP contribution in [0.5, 0.6) is 0 Å². The molecule has 2 rings (SSSR count). The highest BCUT2D eigenvalue weighted by Crippen LogP contribution is 2.33. The molecule has 2 N–H and O–H groups in total. The van der Waals surface area contributed by atoms with Gasteiger partial charge in [0.05, 0.1) is 17.6 Å². The molecule has 0 aromatic heterocycles. The molecule has 0 atom stereocenters. The molecule has 0 saturated heterocycles. The molecule has 7 heteroatoms. The van der Waals surface area contributed by atoms with Crippen molar-refractivity contribution in [2.45, 2.75) is 24.9 Å². The quantitative estimate of drug-likeness (QED) is 0.361. The van der Waals surface area contributed by atoms with Crippen LogP contribution in [0.1, 0.15) is 24.8 Å². The summed E-state index contributed by atoms with van der Waals surface area (Å²) in [5, 5.41) is 24.1. The Morgan fingerprint density at radius 2 is 2.27 bits per heavy atom. The molecule has 0 spiro atoms. The number of rotatable bonds is 6. The molecule has 7 nitrogen and oxygen atoms in total. The number of nitrogens with zero attached hydrogens (tertiary/aromatic N) is 1. The minimum absolute atomic E-state index is 0.102. The maximum Gasteiger partial charge on any atom is 0.330 e. The number of ether oxygens (including phenoxy) is 1. The number of hydrogen-bond acceptors (Lipinski definition) is 6. The van der Waals surface area contributed by atoms with Gasteiger partial charge in [-0.2, -0.15) is 0 Å². The Kier molecular flexibility index (Phi) is 4.77. The van der Waals surface area contributed by atoms with Crippen LogP contribution in [0.2, 0.25) is 0 Å². The van der Waals surface area contributed by atoms with Crippen molar-refractivity contribution in [3.8, 4) is 0 Å². The van der Waals surface area contributed by atoms with E-state index < -0.39 is 16.5 Å². The predicted molar refractivity (Wildman–Crippen MR) is 81.4 cm³/mol. The van der Waals surface area contributed by atoms with E-state index in [0.29, 0.717) is 24.1 Å². The average Bonchev–Trinajstić information content (AvgIpc) is 2.48. The number of esters is 1. The van der Waals surface area contributed by atoms with E-state index in [1.165, 1.54) is 25.3 Å². The Bertz CT molecular complexity index is 608. The standard InChI is InChI=1S/C15H18N2O5/c1-22-14(18)6-4-11-3-5-12(13(9-11)17(20)21)16-10-15(19)7-2-8-15/h3-6,9,16,19H,2,7-8,10H2,1H3. The van der Waals surface area contributed by atoms with Crippen molar-refractivity contribution in [1.82, 2.24) is 0 Å². The second kappa shape index (κ2) is 6.57. The number of nitro benzene ring substituents is 1. The molecule has 1 aromatic carbocycles. The number of hydrogen-bond donors (Lipinski definition) is 2. The van der Waals surface area contributed by atoms with Gasteiger partial charge in [-0.15, -0.1) is 0 Å². The van der Waals surface area contributed by atoms with Crippen molar-refractivity contribution in [1.29, 1.82) is 0 Å². The second-order valence-electron chi connectivity index (χ2n) is 5.32. The molecule has 0 heterocycles. The normalized spacial score (nSPS) is 16.1. The van der Waals surface area contributed by atoms with Crippen LogP contribution in [0, 0.1) is 10.1 Å². The fraction of sp³-hybridized carbons (Fsp3) is 0.400. The minimum atomic E-state index is -0.767. The first-order valence-corrected chi connectivity index (χ1v) is 6.94. The predicted octanol–water partition coefficient (Wildman–Crippen LogP) is 2.11. The summed E-state index contributed by atoms with van der Waals surface area (Å²) in [5.41, 5.74) is -0.00220. The van der Waals surface area contributed by atoms with Gasteiger partial charge in [0.2, 0.25) is 0 Å². The first-order chi connectivity index (χ1) is 10.4. The highest BCUT2D eigenvalue weighted by atomic mass is 16.6. The van der Waals surface area contributed by atoms with Crippen LogP contribution >= 0.6 is 0 Å². The number of nitro groups is 1. The van der Waals surface area contributed by atoms with Gasteiger partial charge in [-0.3, -0.25) is 10.1 Å². The summed E-state index contributed by atoms with van der Waals surface area (Å²) in [4.78, 5) is 21.7.